The van der Waals surface area contributed by atoms with E-state index in [9.17, 15) is 18.0 Å². The Morgan fingerprint density at radius 2 is 1.60 bits per heavy atom. The molecule has 0 heterocycles. The number of carbonyl (C=O) groups is 1. The van der Waals surface area contributed by atoms with Gasteiger partial charge in [-0.2, -0.15) is 13.2 Å². The quantitative estimate of drug-likeness (QED) is 0.720. The molecular formula is C14H8ClF3O2. The number of ether oxygens (including phenoxy) is 1. The maximum atomic E-state index is 12.5. The van der Waals surface area contributed by atoms with Gasteiger partial charge >= 0.3 is 11.6 Å². The smallest absolute Gasteiger partial charge is 0.414 e. The summed E-state index contributed by atoms with van der Waals surface area (Å²) in [6.45, 7) is 0. The van der Waals surface area contributed by atoms with Crippen molar-refractivity contribution in [3.8, 4) is 16.9 Å². The van der Waals surface area contributed by atoms with E-state index in [1.54, 1.807) is 18.2 Å². The van der Waals surface area contributed by atoms with Gasteiger partial charge in [-0.05, 0) is 23.8 Å². The van der Waals surface area contributed by atoms with Crippen LogP contribution >= 0.6 is 11.6 Å². The summed E-state index contributed by atoms with van der Waals surface area (Å²) < 4.78 is 42.3. The lowest BCUT2D eigenvalue weighted by Gasteiger charge is -2.10. The fourth-order valence-corrected chi connectivity index (χ4v) is 1.80. The normalized spacial score (nSPS) is 11.2. The second-order valence-corrected chi connectivity index (χ2v) is 4.22. The molecule has 6 heteroatoms. The maximum absolute atomic E-state index is 12.5. The highest BCUT2D eigenvalue weighted by Crippen LogP contribution is 2.34. The van der Waals surface area contributed by atoms with Crippen molar-refractivity contribution in [2.45, 2.75) is 6.18 Å². The van der Waals surface area contributed by atoms with Crippen molar-refractivity contribution < 1.29 is 22.7 Å². The monoisotopic (exact) mass is 300 g/mol. The van der Waals surface area contributed by atoms with Gasteiger partial charge in [0.1, 0.15) is 5.75 Å². The first-order valence-corrected chi connectivity index (χ1v) is 5.89. The Morgan fingerprint density at radius 1 is 1.00 bits per heavy atom. The van der Waals surface area contributed by atoms with Crippen LogP contribution < -0.4 is 4.74 Å². The standard InChI is InChI=1S/C14H8ClF3O2/c15-13(19)20-12-4-2-1-3-11(12)9-5-7-10(8-6-9)14(16,17)18/h1-8H. The third-order valence-corrected chi connectivity index (χ3v) is 2.68. The molecule has 0 aliphatic carbocycles. The molecule has 20 heavy (non-hydrogen) atoms. The maximum Gasteiger partial charge on any atom is 0.416 e. The molecule has 2 aromatic carbocycles. The highest BCUT2D eigenvalue weighted by molar-refractivity contribution is 6.61. The van der Waals surface area contributed by atoms with Crippen molar-refractivity contribution in [1.82, 2.24) is 0 Å². The van der Waals surface area contributed by atoms with Gasteiger partial charge < -0.3 is 4.74 Å². The van der Waals surface area contributed by atoms with Crippen molar-refractivity contribution in [2.75, 3.05) is 0 Å². The molecule has 0 N–H and O–H groups in total. The SMILES string of the molecule is O=C(Cl)Oc1ccccc1-c1ccc(C(F)(F)F)cc1. The fraction of sp³-hybridized carbons (Fsp3) is 0.0714. The number of para-hydroxylation sites is 1. The van der Waals surface area contributed by atoms with Crippen LogP contribution in [-0.4, -0.2) is 5.43 Å². The van der Waals surface area contributed by atoms with Gasteiger partial charge in [0.15, 0.2) is 0 Å². The summed E-state index contributed by atoms with van der Waals surface area (Å²) >= 11 is 5.15. The van der Waals surface area contributed by atoms with Crippen molar-refractivity contribution >= 4 is 17.0 Å². The third-order valence-electron chi connectivity index (χ3n) is 2.60. The molecule has 0 aliphatic rings. The molecular weight excluding hydrogens is 293 g/mol. The van der Waals surface area contributed by atoms with Crippen LogP contribution in [0, 0.1) is 0 Å². The van der Waals surface area contributed by atoms with Crippen molar-refractivity contribution in [2.24, 2.45) is 0 Å². The summed E-state index contributed by atoms with van der Waals surface area (Å²) in [4.78, 5) is 10.8. The van der Waals surface area contributed by atoms with E-state index in [4.69, 9.17) is 16.3 Å². The molecule has 0 amide bonds. The summed E-state index contributed by atoms with van der Waals surface area (Å²) in [5, 5.41) is 0. The van der Waals surface area contributed by atoms with E-state index in [1.165, 1.54) is 18.2 Å². The summed E-state index contributed by atoms with van der Waals surface area (Å²) in [6, 6.07) is 11.0. The lowest BCUT2D eigenvalue weighted by Crippen LogP contribution is -2.04. The number of hydrogen-bond donors (Lipinski definition) is 0. The molecule has 0 atom stereocenters. The minimum absolute atomic E-state index is 0.187. The van der Waals surface area contributed by atoms with Crippen LogP contribution in [0.15, 0.2) is 48.5 Å². The number of benzene rings is 2. The second-order valence-electron chi connectivity index (χ2n) is 3.91. The van der Waals surface area contributed by atoms with Crippen molar-refractivity contribution in [3.05, 3.63) is 54.1 Å². The van der Waals surface area contributed by atoms with Gasteiger partial charge in [0.2, 0.25) is 0 Å². The van der Waals surface area contributed by atoms with Crippen LogP contribution in [-0.2, 0) is 6.18 Å². The van der Waals surface area contributed by atoms with E-state index in [0.717, 1.165) is 12.1 Å². The average Bonchev–Trinajstić information content (AvgIpc) is 2.38. The van der Waals surface area contributed by atoms with Crippen LogP contribution in [0.25, 0.3) is 11.1 Å². The van der Waals surface area contributed by atoms with E-state index in [0.29, 0.717) is 11.1 Å². The zero-order valence-corrected chi connectivity index (χ0v) is 10.7. The fourth-order valence-electron chi connectivity index (χ4n) is 1.72. The predicted molar refractivity (Wildman–Crippen MR) is 68.8 cm³/mol. The summed E-state index contributed by atoms with van der Waals surface area (Å²) in [5.41, 5.74) is -0.779. The van der Waals surface area contributed by atoms with Gasteiger partial charge in [-0.15, -0.1) is 0 Å². The highest BCUT2D eigenvalue weighted by atomic mass is 35.5. The molecule has 0 aromatic heterocycles. The first-order chi connectivity index (χ1) is 9.38. The van der Waals surface area contributed by atoms with E-state index in [2.05, 4.69) is 0 Å². The Balaban J connectivity index is 2.39. The number of alkyl halides is 3. The molecule has 2 nitrogen and oxygen atoms in total. The molecule has 2 rings (SSSR count). The second kappa shape index (κ2) is 5.54. The first kappa shape index (κ1) is 14.4. The Labute approximate surface area is 117 Å². The Bertz CT molecular complexity index is 621. The predicted octanol–water partition coefficient (Wildman–Crippen LogP) is 5.11. The molecule has 0 saturated carbocycles. The zero-order chi connectivity index (χ0) is 14.8. The van der Waals surface area contributed by atoms with Crippen LogP contribution in [0.1, 0.15) is 5.56 Å². The molecule has 0 radical (unpaired) electrons. The van der Waals surface area contributed by atoms with Gasteiger partial charge in [0, 0.05) is 17.2 Å². The number of halogens is 4. The largest absolute Gasteiger partial charge is 0.416 e. The zero-order valence-electron chi connectivity index (χ0n) is 9.95. The molecule has 0 bridgehead atoms. The molecule has 0 unspecified atom stereocenters. The minimum Gasteiger partial charge on any atom is -0.414 e. The number of hydrogen-bond acceptors (Lipinski definition) is 2. The van der Waals surface area contributed by atoms with Crippen molar-refractivity contribution in [1.29, 1.82) is 0 Å². The third kappa shape index (κ3) is 3.30. The molecule has 0 aliphatic heterocycles. The first-order valence-electron chi connectivity index (χ1n) is 5.52. The topological polar surface area (TPSA) is 26.3 Å². The lowest BCUT2D eigenvalue weighted by molar-refractivity contribution is -0.137. The van der Waals surface area contributed by atoms with Gasteiger partial charge in [0.25, 0.3) is 0 Å². The number of rotatable bonds is 2. The van der Waals surface area contributed by atoms with E-state index in [-0.39, 0.29) is 5.75 Å². The van der Waals surface area contributed by atoms with Gasteiger partial charge in [-0.25, -0.2) is 4.79 Å². The summed E-state index contributed by atoms with van der Waals surface area (Å²) in [7, 11) is 0. The summed E-state index contributed by atoms with van der Waals surface area (Å²) in [6.07, 6.45) is -4.39. The minimum atomic E-state index is -4.39. The van der Waals surface area contributed by atoms with E-state index in [1.807, 2.05) is 0 Å². The molecule has 0 saturated heterocycles. The van der Waals surface area contributed by atoms with Gasteiger partial charge in [0.05, 0.1) is 5.56 Å². The Morgan fingerprint density at radius 3 is 2.15 bits per heavy atom. The molecule has 0 spiro atoms. The highest BCUT2D eigenvalue weighted by Gasteiger charge is 2.30. The Hall–Kier alpha value is -2.01. The van der Waals surface area contributed by atoms with Gasteiger partial charge in [-0.1, -0.05) is 30.3 Å². The van der Waals surface area contributed by atoms with Crippen LogP contribution in [0.4, 0.5) is 18.0 Å². The van der Waals surface area contributed by atoms with E-state index < -0.39 is 17.2 Å². The lowest BCUT2D eigenvalue weighted by atomic mass is 10.0. The molecule has 0 fully saturated rings. The number of carbonyl (C=O) groups excluding carboxylic acids is 1. The average molecular weight is 301 g/mol. The van der Waals surface area contributed by atoms with E-state index >= 15 is 0 Å². The van der Waals surface area contributed by atoms with Crippen LogP contribution in [0.5, 0.6) is 5.75 Å². The van der Waals surface area contributed by atoms with Crippen LogP contribution in [0.3, 0.4) is 0 Å². The Kier molecular flexibility index (Phi) is 3.99. The van der Waals surface area contributed by atoms with Gasteiger partial charge in [-0.3, -0.25) is 0 Å². The molecule has 2 aromatic rings. The molecule has 104 valence electrons. The van der Waals surface area contributed by atoms with Crippen LogP contribution in [0.2, 0.25) is 0 Å². The van der Waals surface area contributed by atoms with Crippen molar-refractivity contribution in [3.63, 3.8) is 0 Å². The summed E-state index contributed by atoms with van der Waals surface area (Å²) in [5.74, 6) is 0.187.